The maximum Gasteiger partial charge on any atom is 0.416 e. The first-order chi connectivity index (χ1) is 10.2. The van der Waals surface area contributed by atoms with Crippen molar-refractivity contribution in [2.45, 2.75) is 26.4 Å². The number of hydrogen-bond donors (Lipinski definition) is 1. The third kappa shape index (κ3) is 4.73. The average Bonchev–Trinajstić information content (AvgIpc) is 2.36. The number of hydrogen-bond acceptors (Lipinski definition) is 2. The molecule has 1 aliphatic rings. The van der Waals surface area contributed by atoms with Crippen LogP contribution in [0.4, 0.5) is 18.9 Å². The van der Waals surface area contributed by atoms with Gasteiger partial charge in [0, 0.05) is 18.8 Å². The van der Waals surface area contributed by atoms with Crippen LogP contribution in [0.15, 0.2) is 24.3 Å². The van der Waals surface area contributed by atoms with Crippen LogP contribution in [-0.2, 0) is 11.0 Å². The molecule has 0 aliphatic carbocycles. The van der Waals surface area contributed by atoms with Crippen molar-refractivity contribution in [1.29, 1.82) is 0 Å². The Morgan fingerprint density at radius 2 is 1.73 bits per heavy atom. The van der Waals surface area contributed by atoms with E-state index < -0.39 is 11.7 Å². The lowest BCUT2D eigenvalue weighted by Crippen LogP contribution is -2.42. The maximum atomic E-state index is 12.5. The Hall–Kier alpha value is -1.56. The van der Waals surface area contributed by atoms with E-state index in [-0.39, 0.29) is 12.5 Å². The first-order valence-corrected chi connectivity index (χ1v) is 7.43. The number of rotatable bonds is 3. The van der Waals surface area contributed by atoms with Gasteiger partial charge in [0.25, 0.3) is 0 Å². The van der Waals surface area contributed by atoms with E-state index >= 15 is 0 Å². The highest BCUT2D eigenvalue weighted by molar-refractivity contribution is 5.92. The summed E-state index contributed by atoms with van der Waals surface area (Å²) in [6.45, 7) is 6.36. The van der Waals surface area contributed by atoms with E-state index in [2.05, 4.69) is 24.1 Å². The molecule has 122 valence electrons. The van der Waals surface area contributed by atoms with E-state index in [1.165, 1.54) is 12.1 Å². The Morgan fingerprint density at radius 3 is 2.23 bits per heavy atom. The average molecular weight is 314 g/mol. The summed E-state index contributed by atoms with van der Waals surface area (Å²) in [5, 5.41) is 2.65. The number of nitrogens with one attached hydrogen (secondary N) is 1. The molecule has 22 heavy (non-hydrogen) atoms. The molecular weight excluding hydrogens is 293 g/mol. The molecule has 1 aliphatic heterocycles. The molecule has 0 aromatic heterocycles. The standard InChI is InChI=1S/C16H21F3N2O/c1-11-7-12(2)9-21(8-11)10-15(22)20-14-5-3-13(4-6-14)16(17,18)19/h3-6,11-12H,7-10H2,1-2H3,(H,20,22)/t11-,12-/m1/s1. The number of halogens is 3. The second-order valence-electron chi connectivity index (χ2n) is 6.26. The van der Waals surface area contributed by atoms with Gasteiger partial charge in [-0.1, -0.05) is 13.8 Å². The third-order valence-corrected chi connectivity index (χ3v) is 3.81. The Morgan fingerprint density at radius 1 is 1.18 bits per heavy atom. The molecule has 6 heteroatoms. The number of amides is 1. The summed E-state index contributed by atoms with van der Waals surface area (Å²) in [6.07, 6.45) is -3.19. The number of nitrogens with zero attached hydrogens (tertiary/aromatic N) is 1. The maximum absolute atomic E-state index is 12.5. The number of carbonyl (C=O) groups excluding carboxylic acids is 1. The summed E-state index contributed by atoms with van der Waals surface area (Å²) >= 11 is 0. The Balaban J connectivity index is 1.89. The minimum Gasteiger partial charge on any atom is -0.325 e. The van der Waals surface area contributed by atoms with Gasteiger partial charge in [-0.25, -0.2) is 0 Å². The van der Waals surface area contributed by atoms with Gasteiger partial charge in [0.05, 0.1) is 12.1 Å². The minimum atomic E-state index is -4.36. The lowest BCUT2D eigenvalue weighted by atomic mass is 9.92. The number of piperidine rings is 1. The van der Waals surface area contributed by atoms with Crippen molar-refractivity contribution >= 4 is 11.6 Å². The highest BCUT2D eigenvalue weighted by Gasteiger charge is 2.30. The molecule has 2 rings (SSSR count). The molecule has 1 heterocycles. The second kappa shape index (κ2) is 6.69. The number of benzene rings is 1. The van der Waals surface area contributed by atoms with Crippen molar-refractivity contribution in [3.05, 3.63) is 29.8 Å². The SMILES string of the molecule is C[C@@H]1C[C@@H](C)CN(CC(=O)Nc2ccc(C(F)(F)F)cc2)C1. The molecule has 1 fully saturated rings. The Bertz CT molecular complexity index is 503. The minimum absolute atomic E-state index is 0.193. The lowest BCUT2D eigenvalue weighted by Gasteiger charge is -2.34. The third-order valence-electron chi connectivity index (χ3n) is 3.81. The fraction of sp³-hybridized carbons (Fsp3) is 0.562. The Kier molecular flexibility index (Phi) is 5.11. The van der Waals surface area contributed by atoms with E-state index in [1.54, 1.807) is 0 Å². The van der Waals surface area contributed by atoms with Gasteiger partial charge in [-0.15, -0.1) is 0 Å². The highest BCUT2D eigenvalue weighted by Crippen LogP contribution is 2.29. The van der Waals surface area contributed by atoms with Gasteiger partial charge in [0.2, 0.25) is 5.91 Å². The number of likely N-dealkylation sites (tertiary alicyclic amines) is 1. The predicted octanol–water partition coefficient (Wildman–Crippen LogP) is 3.62. The van der Waals surface area contributed by atoms with Gasteiger partial charge in [-0.05, 0) is 42.5 Å². The summed E-state index contributed by atoms with van der Waals surface area (Å²) in [5.41, 5.74) is -0.333. The molecule has 1 aromatic carbocycles. The number of alkyl halides is 3. The fourth-order valence-electron chi connectivity index (χ4n) is 3.07. The van der Waals surface area contributed by atoms with Crippen LogP contribution in [0.5, 0.6) is 0 Å². The monoisotopic (exact) mass is 314 g/mol. The lowest BCUT2D eigenvalue weighted by molar-refractivity contribution is -0.137. The number of carbonyl (C=O) groups is 1. The summed E-state index contributed by atoms with van der Waals surface area (Å²) < 4.78 is 37.4. The van der Waals surface area contributed by atoms with Crippen LogP contribution in [0.3, 0.4) is 0 Å². The van der Waals surface area contributed by atoms with E-state index in [0.717, 1.165) is 31.6 Å². The summed E-state index contributed by atoms with van der Waals surface area (Å²) in [6, 6.07) is 4.51. The van der Waals surface area contributed by atoms with Gasteiger partial charge in [-0.3, -0.25) is 9.69 Å². The van der Waals surface area contributed by atoms with Crippen LogP contribution in [0.1, 0.15) is 25.8 Å². The van der Waals surface area contributed by atoms with Gasteiger partial charge < -0.3 is 5.32 Å². The number of anilines is 1. The molecule has 0 spiro atoms. The van der Waals surface area contributed by atoms with Gasteiger partial charge in [-0.2, -0.15) is 13.2 Å². The molecular formula is C16H21F3N2O. The molecule has 0 radical (unpaired) electrons. The van der Waals surface area contributed by atoms with E-state index in [0.29, 0.717) is 17.5 Å². The van der Waals surface area contributed by atoms with Crippen molar-refractivity contribution in [2.24, 2.45) is 11.8 Å². The predicted molar refractivity (Wildman–Crippen MR) is 79.5 cm³/mol. The van der Waals surface area contributed by atoms with Crippen LogP contribution in [0, 0.1) is 11.8 Å². The van der Waals surface area contributed by atoms with Crippen LogP contribution in [0.25, 0.3) is 0 Å². The highest BCUT2D eigenvalue weighted by atomic mass is 19.4. The molecule has 3 nitrogen and oxygen atoms in total. The van der Waals surface area contributed by atoms with Crippen LogP contribution < -0.4 is 5.32 Å². The normalized spacial score (nSPS) is 23.3. The van der Waals surface area contributed by atoms with Crippen LogP contribution in [-0.4, -0.2) is 30.4 Å². The van der Waals surface area contributed by atoms with E-state index in [1.807, 2.05) is 0 Å². The Labute approximate surface area is 128 Å². The summed E-state index contributed by atoms with van der Waals surface area (Å²) in [7, 11) is 0. The largest absolute Gasteiger partial charge is 0.416 e. The van der Waals surface area contributed by atoms with Gasteiger partial charge in [0.1, 0.15) is 0 Å². The first kappa shape index (κ1) is 16.8. The molecule has 1 aromatic rings. The molecule has 1 N–H and O–H groups in total. The van der Waals surface area contributed by atoms with Crippen molar-refractivity contribution in [3.63, 3.8) is 0 Å². The van der Waals surface area contributed by atoms with E-state index in [4.69, 9.17) is 0 Å². The molecule has 0 saturated carbocycles. The van der Waals surface area contributed by atoms with Crippen molar-refractivity contribution in [3.8, 4) is 0 Å². The zero-order valence-corrected chi connectivity index (χ0v) is 12.8. The van der Waals surface area contributed by atoms with Gasteiger partial charge in [0.15, 0.2) is 0 Å². The smallest absolute Gasteiger partial charge is 0.325 e. The van der Waals surface area contributed by atoms with Crippen LogP contribution in [0.2, 0.25) is 0 Å². The quantitative estimate of drug-likeness (QED) is 0.924. The zero-order valence-electron chi connectivity index (χ0n) is 12.8. The zero-order chi connectivity index (χ0) is 16.3. The molecule has 0 bridgehead atoms. The second-order valence-corrected chi connectivity index (χ2v) is 6.26. The van der Waals surface area contributed by atoms with E-state index in [9.17, 15) is 18.0 Å². The van der Waals surface area contributed by atoms with Crippen LogP contribution >= 0.6 is 0 Å². The molecule has 1 saturated heterocycles. The fourth-order valence-corrected chi connectivity index (χ4v) is 3.07. The van der Waals surface area contributed by atoms with Gasteiger partial charge >= 0.3 is 6.18 Å². The van der Waals surface area contributed by atoms with Crippen molar-refractivity contribution in [1.82, 2.24) is 4.90 Å². The first-order valence-electron chi connectivity index (χ1n) is 7.43. The molecule has 1 amide bonds. The topological polar surface area (TPSA) is 32.3 Å². The van der Waals surface area contributed by atoms with Crippen molar-refractivity contribution in [2.75, 3.05) is 25.0 Å². The molecule has 0 unspecified atom stereocenters. The summed E-state index contributed by atoms with van der Waals surface area (Å²) in [4.78, 5) is 14.1. The molecule has 2 atom stereocenters. The summed E-state index contributed by atoms with van der Waals surface area (Å²) in [5.74, 6) is 0.922. The van der Waals surface area contributed by atoms with Crippen molar-refractivity contribution < 1.29 is 18.0 Å².